The molecule has 0 saturated heterocycles. The second-order valence-electron chi connectivity index (χ2n) is 4.48. The van der Waals surface area contributed by atoms with Gasteiger partial charge in [0.15, 0.2) is 0 Å². The predicted molar refractivity (Wildman–Crippen MR) is 69.7 cm³/mol. The van der Waals surface area contributed by atoms with Crippen LogP contribution in [0.15, 0.2) is 29.2 Å². The van der Waals surface area contributed by atoms with Gasteiger partial charge in [0.05, 0.1) is 0 Å². The van der Waals surface area contributed by atoms with Crippen molar-refractivity contribution in [1.29, 1.82) is 0 Å². The summed E-state index contributed by atoms with van der Waals surface area (Å²) in [5.41, 5.74) is 6.56. The Morgan fingerprint density at radius 3 is 2.38 bits per heavy atom. The molecule has 4 heteroatoms. The Kier molecular flexibility index (Phi) is 4.38. The Bertz CT molecular complexity index is 354. The van der Waals surface area contributed by atoms with Crippen LogP contribution in [-0.2, 0) is 4.79 Å². The van der Waals surface area contributed by atoms with Gasteiger partial charge in [-0.2, -0.15) is 0 Å². The average Bonchev–Trinajstić information content (AvgIpc) is 2.14. The number of hydrogen-bond donors (Lipinski definition) is 2. The molecule has 3 nitrogen and oxygen atoms in total. The summed E-state index contributed by atoms with van der Waals surface area (Å²) in [5, 5.41) is 2.73. The number of carbonyl (C=O) groups is 1. The molecule has 3 N–H and O–H groups in total. The van der Waals surface area contributed by atoms with Gasteiger partial charge in [0, 0.05) is 28.8 Å². The Morgan fingerprint density at radius 2 is 1.94 bits per heavy atom. The van der Waals surface area contributed by atoms with Gasteiger partial charge < -0.3 is 11.1 Å². The average molecular weight is 238 g/mol. The fraction of sp³-hybridized carbons (Fsp3) is 0.417. The van der Waals surface area contributed by atoms with Crippen molar-refractivity contribution in [2.45, 2.75) is 31.2 Å². The van der Waals surface area contributed by atoms with Gasteiger partial charge in [-0.15, -0.1) is 11.8 Å². The molecule has 0 saturated carbocycles. The first kappa shape index (κ1) is 13.1. The standard InChI is InChI=1S/C12H18N2OS/c1-9(15)14-10-4-6-11(7-5-10)16-8-12(2,3)13/h4-7H,8,13H2,1-3H3,(H,14,15). The van der Waals surface area contributed by atoms with E-state index >= 15 is 0 Å². The number of thioether (sulfide) groups is 1. The number of rotatable bonds is 4. The molecule has 0 spiro atoms. The summed E-state index contributed by atoms with van der Waals surface area (Å²) in [4.78, 5) is 12.0. The molecular formula is C12H18N2OS. The third kappa shape index (κ3) is 5.19. The van der Waals surface area contributed by atoms with E-state index in [2.05, 4.69) is 5.32 Å². The first-order valence-electron chi connectivity index (χ1n) is 5.16. The van der Waals surface area contributed by atoms with Crippen LogP contribution in [0.25, 0.3) is 0 Å². The van der Waals surface area contributed by atoms with Gasteiger partial charge in [-0.3, -0.25) is 4.79 Å². The maximum atomic E-state index is 10.8. The topological polar surface area (TPSA) is 55.1 Å². The van der Waals surface area contributed by atoms with Crippen molar-refractivity contribution in [1.82, 2.24) is 0 Å². The lowest BCUT2D eigenvalue weighted by molar-refractivity contribution is -0.114. The van der Waals surface area contributed by atoms with Crippen molar-refractivity contribution in [2.24, 2.45) is 5.73 Å². The highest BCUT2D eigenvalue weighted by Gasteiger charge is 2.10. The summed E-state index contributed by atoms with van der Waals surface area (Å²) < 4.78 is 0. The van der Waals surface area contributed by atoms with Gasteiger partial charge in [-0.25, -0.2) is 0 Å². The molecule has 0 unspecified atom stereocenters. The van der Waals surface area contributed by atoms with E-state index in [1.807, 2.05) is 38.1 Å². The maximum Gasteiger partial charge on any atom is 0.221 e. The molecule has 0 aliphatic carbocycles. The highest BCUT2D eigenvalue weighted by atomic mass is 32.2. The Morgan fingerprint density at radius 1 is 1.38 bits per heavy atom. The van der Waals surface area contributed by atoms with Crippen LogP contribution in [0.4, 0.5) is 5.69 Å². The number of nitrogens with one attached hydrogen (secondary N) is 1. The molecule has 0 atom stereocenters. The van der Waals surface area contributed by atoms with Crippen molar-refractivity contribution < 1.29 is 4.79 Å². The molecule has 0 heterocycles. The smallest absolute Gasteiger partial charge is 0.221 e. The summed E-state index contributed by atoms with van der Waals surface area (Å²) in [7, 11) is 0. The summed E-state index contributed by atoms with van der Waals surface area (Å²) in [6.45, 7) is 5.51. The number of amides is 1. The summed E-state index contributed by atoms with van der Waals surface area (Å²) in [6, 6.07) is 7.77. The minimum Gasteiger partial charge on any atom is -0.326 e. The van der Waals surface area contributed by atoms with Crippen molar-refractivity contribution in [2.75, 3.05) is 11.1 Å². The van der Waals surface area contributed by atoms with Gasteiger partial charge in [0.1, 0.15) is 0 Å². The zero-order valence-corrected chi connectivity index (χ0v) is 10.7. The first-order chi connectivity index (χ1) is 7.37. The molecule has 1 aromatic rings. The molecule has 0 radical (unpaired) electrons. The zero-order valence-electron chi connectivity index (χ0n) is 9.91. The second kappa shape index (κ2) is 5.37. The molecule has 88 valence electrons. The highest BCUT2D eigenvalue weighted by Crippen LogP contribution is 2.23. The maximum absolute atomic E-state index is 10.8. The van der Waals surface area contributed by atoms with Crippen molar-refractivity contribution in [3.05, 3.63) is 24.3 Å². The van der Waals surface area contributed by atoms with Crippen molar-refractivity contribution in [3.8, 4) is 0 Å². The van der Waals surface area contributed by atoms with Gasteiger partial charge in [0.25, 0.3) is 0 Å². The van der Waals surface area contributed by atoms with E-state index in [1.165, 1.54) is 6.92 Å². The Balaban J connectivity index is 2.55. The third-order valence-electron chi connectivity index (χ3n) is 1.79. The van der Waals surface area contributed by atoms with Crippen LogP contribution >= 0.6 is 11.8 Å². The predicted octanol–water partition coefficient (Wildman–Crippen LogP) is 2.47. The fourth-order valence-electron chi connectivity index (χ4n) is 1.11. The molecule has 1 amide bonds. The van der Waals surface area contributed by atoms with Crippen LogP contribution in [0.5, 0.6) is 0 Å². The lowest BCUT2D eigenvalue weighted by atomic mass is 10.1. The summed E-state index contributed by atoms with van der Waals surface area (Å²) in [6.07, 6.45) is 0. The first-order valence-corrected chi connectivity index (χ1v) is 6.15. The van der Waals surface area contributed by atoms with Gasteiger partial charge in [-0.05, 0) is 38.1 Å². The van der Waals surface area contributed by atoms with Crippen molar-refractivity contribution in [3.63, 3.8) is 0 Å². The van der Waals surface area contributed by atoms with E-state index < -0.39 is 0 Å². The van der Waals surface area contributed by atoms with E-state index in [-0.39, 0.29) is 11.4 Å². The summed E-state index contributed by atoms with van der Waals surface area (Å²) >= 11 is 1.72. The Labute approximate surface area is 101 Å². The molecule has 0 aliphatic heterocycles. The van der Waals surface area contributed by atoms with E-state index in [9.17, 15) is 4.79 Å². The zero-order chi connectivity index (χ0) is 12.2. The molecular weight excluding hydrogens is 220 g/mol. The number of benzene rings is 1. The molecule has 1 rings (SSSR count). The summed E-state index contributed by atoms with van der Waals surface area (Å²) in [5.74, 6) is 0.815. The third-order valence-corrected chi connectivity index (χ3v) is 3.28. The Hall–Kier alpha value is -1.00. The van der Waals surface area contributed by atoms with Crippen LogP contribution in [0.1, 0.15) is 20.8 Å². The largest absolute Gasteiger partial charge is 0.326 e. The SMILES string of the molecule is CC(=O)Nc1ccc(SCC(C)(C)N)cc1. The van der Waals surface area contributed by atoms with E-state index in [0.29, 0.717) is 0 Å². The van der Waals surface area contributed by atoms with Gasteiger partial charge in [0.2, 0.25) is 5.91 Å². The molecule has 0 fully saturated rings. The van der Waals surface area contributed by atoms with Crippen LogP contribution in [-0.4, -0.2) is 17.2 Å². The minimum atomic E-state index is -0.166. The van der Waals surface area contributed by atoms with Crippen LogP contribution in [0.3, 0.4) is 0 Å². The van der Waals surface area contributed by atoms with E-state index in [0.717, 1.165) is 16.3 Å². The molecule has 0 aromatic heterocycles. The lowest BCUT2D eigenvalue weighted by Crippen LogP contribution is -2.34. The normalized spacial score (nSPS) is 11.2. The van der Waals surface area contributed by atoms with Crippen LogP contribution in [0.2, 0.25) is 0 Å². The number of nitrogens with two attached hydrogens (primary N) is 1. The van der Waals surface area contributed by atoms with E-state index in [4.69, 9.17) is 5.73 Å². The lowest BCUT2D eigenvalue weighted by Gasteiger charge is -2.17. The van der Waals surface area contributed by atoms with Gasteiger partial charge in [-0.1, -0.05) is 0 Å². The van der Waals surface area contributed by atoms with Crippen LogP contribution in [0, 0.1) is 0 Å². The molecule has 0 aliphatic rings. The van der Waals surface area contributed by atoms with E-state index in [1.54, 1.807) is 11.8 Å². The van der Waals surface area contributed by atoms with Crippen molar-refractivity contribution >= 4 is 23.4 Å². The molecule has 1 aromatic carbocycles. The minimum absolute atomic E-state index is 0.0523. The van der Waals surface area contributed by atoms with Gasteiger partial charge >= 0.3 is 0 Å². The monoisotopic (exact) mass is 238 g/mol. The molecule has 0 bridgehead atoms. The fourth-order valence-corrected chi connectivity index (χ4v) is 1.97. The quantitative estimate of drug-likeness (QED) is 0.792. The number of anilines is 1. The molecule has 16 heavy (non-hydrogen) atoms. The van der Waals surface area contributed by atoms with Crippen LogP contribution < -0.4 is 11.1 Å². The number of carbonyl (C=O) groups excluding carboxylic acids is 1. The highest BCUT2D eigenvalue weighted by molar-refractivity contribution is 7.99. The number of hydrogen-bond acceptors (Lipinski definition) is 3. The second-order valence-corrected chi connectivity index (χ2v) is 5.53.